The Morgan fingerprint density at radius 1 is 1.57 bits per heavy atom. The van der Waals surface area contributed by atoms with Crippen LogP contribution in [0.5, 0.6) is 5.75 Å². The maximum Gasteiger partial charge on any atom is 0.315 e. The summed E-state index contributed by atoms with van der Waals surface area (Å²) in [7, 11) is 0. The highest BCUT2D eigenvalue weighted by Gasteiger charge is 2.26. The standard InChI is InChI=1S/C13H11F2N3O3/c1-6(19)16-9-5-20-10-4-7(2-3-8(9)10)12-17-13(11(14)15)21-18-12/h2-4,9,11H,5H2,1H3,(H,16,19)/t9-/m1/s1/i1D3. The fraction of sp³-hybridized carbons (Fsp3) is 0.308. The zero-order valence-electron chi connectivity index (χ0n) is 13.5. The van der Waals surface area contributed by atoms with Crippen LogP contribution < -0.4 is 10.1 Å². The molecule has 21 heavy (non-hydrogen) atoms. The largest absolute Gasteiger partial charge is 0.491 e. The van der Waals surface area contributed by atoms with Gasteiger partial charge in [-0.15, -0.1) is 0 Å². The third kappa shape index (κ3) is 2.56. The number of amides is 1. The summed E-state index contributed by atoms with van der Waals surface area (Å²) in [4.78, 5) is 15.1. The van der Waals surface area contributed by atoms with E-state index in [2.05, 4.69) is 20.0 Å². The summed E-state index contributed by atoms with van der Waals surface area (Å²) in [6.45, 7) is -2.69. The molecule has 3 rings (SSSR count). The average Bonchev–Trinajstić information content (AvgIpc) is 3.13. The summed E-state index contributed by atoms with van der Waals surface area (Å²) in [5, 5.41) is 5.84. The number of hydrogen-bond acceptors (Lipinski definition) is 5. The SMILES string of the molecule is [2H]C([2H])([2H])C(=O)N[C@@H]1COc2cc(-c3noc(C(F)F)n3)ccc21. The van der Waals surface area contributed by atoms with Crippen molar-refractivity contribution in [1.82, 2.24) is 15.5 Å². The Morgan fingerprint density at radius 3 is 3.14 bits per heavy atom. The quantitative estimate of drug-likeness (QED) is 0.940. The molecule has 2 heterocycles. The Hall–Kier alpha value is -2.51. The summed E-state index contributed by atoms with van der Waals surface area (Å²) < 4.78 is 56.0. The number of rotatable bonds is 3. The Morgan fingerprint density at radius 2 is 2.43 bits per heavy atom. The van der Waals surface area contributed by atoms with E-state index in [1.165, 1.54) is 6.07 Å². The van der Waals surface area contributed by atoms with Gasteiger partial charge < -0.3 is 14.6 Å². The number of alkyl halides is 2. The second-order valence-electron chi connectivity index (χ2n) is 4.35. The first-order chi connectivity index (χ1) is 11.3. The second kappa shape index (κ2) is 5.12. The normalized spacial score (nSPS) is 19.4. The van der Waals surface area contributed by atoms with Crippen LogP contribution in [0, 0.1) is 0 Å². The number of carbonyl (C=O) groups is 1. The predicted octanol–water partition coefficient (Wildman–Crippen LogP) is 2.24. The lowest BCUT2D eigenvalue weighted by Gasteiger charge is -2.09. The monoisotopic (exact) mass is 298 g/mol. The summed E-state index contributed by atoms with van der Waals surface area (Å²) in [5.74, 6) is -1.50. The van der Waals surface area contributed by atoms with Crippen molar-refractivity contribution in [3.63, 3.8) is 0 Å². The Kier molecular flexibility index (Phi) is 2.50. The van der Waals surface area contributed by atoms with Crippen LogP contribution in [0.4, 0.5) is 8.78 Å². The summed E-state index contributed by atoms with van der Waals surface area (Å²) >= 11 is 0. The fourth-order valence-electron chi connectivity index (χ4n) is 2.07. The first-order valence-electron chi connectivity index (χ1n) is 7.45. The van der Waals surface area contributed by atoms with Gasteiger partial charge in [0.05, 0.1) is 6.04 Å². The number of halogens is 2. The van der Waals surface area contributed by atoms with Crippen molar-refractivity contribution < 1.29 is 26.9 Å². The van der Waals surface area contributed by atoms with Crippen LogP contribution in [-0.2, 0) is 4.79 Å². The molecule has 1 N–H and O–H groups in total. The number of nitrogens with one attached hydrogen (secondary N) is 1. The molecule has 1 amide bonds. The minimum Gasteiger partial charge on any atom is -0.491 e. The second-order valence-corrected chi connectivity index (χ2v) is 4.35. The van der Waals surface area contributed by atoms with Gasteiger partial charge in [0, 0.05) is 22.1 Å². The first-order valence-corrected chi connectivity index (χ1v) is 5.95. The summed E-state index contributed by atoms with van der Waals surface area (Å²) in [6, 6.07) is 4.03. The van der Waals surface area contributed by atoms with Gasteiger partial charge in [0.15, 0.2) is 0 Å². The molecule has 0 bridgehead atoms. The number of fused-ring (bicyclic) bond motifs is 1. The summed E-state index contributed by atoms with van der Waals surface area (Å²) in [5.41, 5.74) is 0.973. The molecule has 0 unspecified atom stereocenters. The van der Waals surface area contributed by atoms with Crippen molar-refractivity contribution in [2.45, 2.75) is 19.3 Å². The van der Waals surface area contributed by atoms with Crippen molar-refractivity contribution >= 4 is 5.91 Å². The van der Waals surface area contributed by atoms with E-state index in [0.717, 1.165) is 0 Å². The Bertz CT molecular complexity index is 779. The van der Waals surface area contributed by atoms with E-state index in [-0.39, 0.29) is 12.4 Å². The molecule has 110 valence electrons. The molecule has 1 aromatic carbocycles. The third-order valence-electron chi connectivity index (χ3n) is 2.99. The van der Waals surface area contributed by atoms with Gasteiger partial charge in [-0.2, -0.15) is 13.8 Å². The molecule has 0 saturated carbocycles. The van der Waals surface area contributed by atoms with E-state index in [1.54, 1.807) is 12.1 Å². The Balaban J connectivity index is 1.81. The molecule has 1 aliphatic rings. The van der Waals surface area contributed by atoms with E-state index in [0.29, 0.717) is 16.9 Å². The van der Waals surface area contributed by atoms with Crippen LogP contribution >= 0.6 is 0 Å². The van der Waals surface area contributed by atoms with Gasteiger partial charge in [0.1, 0.15) is 12.4 Å². The number of benzene rings is 1. The molecule has 1 atom stereocenters. The van der Waals surface area contributed by atoms with Crippen LogP contribution in [0.2, 0.25) is 0 Å². The van der Waals surface area contributed by atoms with Crippen molar-refractivity contribution in [2.75, 3.05) is 6.61 Å². The molecule has 2 aromatic rings. The molecular weight excluding hydrogens is 284 g/mol. The molecule has 0 radical (unpaired) electrons. The smallest absolute Gasteiger partial charge is 0.315 e. The number of carbonyl (C=O) groups excluding carboxylic acids is 1. The van der Waals surface area contributed by atoms with Crippen LogP contribution in [0.15, 0.2) is 22.7 Å². The van der Waals surface area contributed by atoms with Gasteiger partial charge in [-0.05, 0) is 6.07 Å². The van der Waals surface area contributed by atoms with Gasteiger partial charge in [0.25, 0.3) is 5.89 Å². The number of ether oxygens (including phenoxy) is 1. The highest BCUT2D eigenvalue weighted by Crippen LogP contribution is 2.35. The molecule has 8 heteroatoms. The topological polar surface area (TPSA) is 77.2 Å². The number of nitrogens with zero attached hydrogens (tertiary/aromatic N) is 2. The van der Waals surface area contributed by atoms with Gasteiger partial charge in [0.2, 0.25) is 11.7 Å². The zero-order valence-corrected chi connectivity index (χ0v) is 10.5. The molecule has 0 fully saturated rings. The van der Waals surface area contributed by atoms with E-state index in [1.807, 2.05) is 0 Å². The highest BCUT2D eigenvalue weighted by molar-refractivity contribution is 5.74. The molecule has 6 nitrogen and oxygen atoms in total. The van der Waals surface area contributed by atoms with E-state index in [9.17, 15) is 13.6 Å². The lowest BCUT2D eigenvalue weighted by atomic mass is 10.1. The first kappa shape index (κ1) is 10.3. The molecule has 0 aliphatic carbocycles. The third-order valence-corrected chi connectivity index (χ3v) is 2.99. The fourth-order valence-corrected chi connectivity index (χ4v) is 2.07. The maximum absolute atomic E-state index is 12.5. The molecule has 0 saturated heterocycles. The van der Waals surface area contributed by atoms with Gasteiger partial charge >= 0.3 is 6.43 Å². The van der Waals surface area contributed by atoms with Crippen molar-refractivity contribution in [3.05, 3.63) is 29.7 Å². The average molecular weight is 298 g/mol. The summed E-state index contributed by atoms with van der Waals surface area (Å²) in [6.07, 6.45) is -2.86. The van der Waals surface area contributed by atoms with Crippen LogP contribution in [0.1, 0.15) is 34.9 Å². The number of aromatic nitrogens is 2. The predicted molar refractivity (Wildman–Crippen MR) is 66.7 cm³/mol. The van der Waals surface area contributed by atoms with Crippen LogP contribution in [-0.4, -0.2) is 22.7 Å². The number of hydrogen-bond donors (Lipinski definition) is 1. The highest BCUT2D eigenvalue weighted by atomic mass is 19.3. The molecular formula is C13H11F2N3O3. The minimum absolute atomic E-state index is 0.0216. The Labute approximate surface area is 122 Å². The van der Waals surface area contributed by atoms with Crippen molar-refractivity contribution in [3.8, 4) is 17.1 Å². The molecule has 0 spiro atoms. The van der Waals surface area contributed by atoms with Crippen LogP contribution in [0.25, 0.3) is 11.4 Å². The van der Waals surface area contributed by atoms with E-state index >= 15 is 0 Å². The molecule has 1 aliphatic heterocycles. The molecule has 1 aromatic heterocycles. The minimum atomic E-state index is -2.86. The zero-order chi connectivity index (χ0) is 17.5. The van der Waals surface area contributed by atoms with Crippen molar-refractivity contribution in [2.24, 2.45) is 0 Å². The van der Waals surface area contributed by atoms with E-state index in [4.69, 9.17) is 8.85 Å². The van der Waals surface area contributed by atoms with Gasteiger partial charge in [-0.3, -0.25) is 4.79 Å². The maximum atomic E-state index is 12.5. The lowest BCUT2D eigenvalue weighted by Crippen LogP contribution is -2.26. The van der Waals surface area contributed by atoms with Crippen LogP contribution in [0.3, 0.4) is 0 Å². The van der Waals surface area contributed by atoms with Gasteiger partial charge in [-0.25, -0.2) is 0 Å². The van der Waals surface area contributed by atoms with Gasteiger partial charge in [-0.1, -0.05) is 17.3 Å². The lowest BCUT2D eigenvalue weighted by molar-refractivity contribution is -0.119. The van der Waals surface area contributed by atoms with E-state index < -0.39 is 31.1 Å². The van der Waals surface area contributed by atoms with Crippen molar-refractivity contribution in [1.29, 1.82) is 0 Å².